The average molecular weight is 355 g/mol. The Balaban J connectivity index is 2.11. The Bertz CT molecular complexity index is 804. The summed E-state index contributed by atoms with van der Waals surface area (Å²) >= 11 is 0. The molecule has 0 bridgehead atoms. The molecule has 0 radical (unpaired) electrons. The maximum Gasteiger partial charge on any atom is 0.406 e. The molecule has 1 saturated heterocycles. The number of aromatic nitrogens is 2. The van der Waals surface area contributed by atoms with Gasteiger partial charge in [-0.15, -0.1) is 0 Å². The molecular weight excluding hydrogens is 335 g/mol. The molecule has 1 aromatic carbocycles. The summed E-state index contributed by atoms with van der Waals surface area (Å²) in [6, 6.07) is 6.22. The van der Waals surface area contributed by atoms with Crippen molar-refractivity contribution in [2.24, 2.45) is 0 Å². The second kappa shape index (κ2) is 7.13. The largest absolute Gasteiger partial charge is 0.406 e. The molecule has 136 valence electrons. The number of benzene rings is 1. The van der Waals surface area contributed by atoms with Gasteiger partial charge >= 0.3 is 6.18 Å². The second-order valence-corrected chi connectivity index (χ2v) is 6.18. The van der Waals surface area contributed by atoms with E-state index in [1.54, 1.807) is 25.3 Å². The highest BCUT2D eigenvalue weighted by atomic mass is 19.4. The molecule has 1 aliphatic rings. The lowest BCUT2D eigenvalue weighted by atomic mass is 10.1. The zero-order valence-electron chi connectivity index (χ0n) is 13.9. The minimum Gasteiger partial charge on any atom is -0.383 e. The number of hydrogen-bond acceptors (Lipinski definition) is 4. The van der Waals surface area contributed by atoms with E-state index in [-0.39, 0.29) is 17.3 Å². The van der Waals surface area contributed by atoms with Crippen molar-refractivity contribution in [1.82, 2.24) is 14.5 Å². The number of methoxy groups -OCH3 is 1. The minimum absolute atomic E-state index is 0.189. The number of alkyl halides is 3. The van der Waals surface area contributed by atoms with Gasteiger partial charge in [0.15, 0.2) is 0 Å². The Labute approximate surface area is 143 Å². The normalized spacial score (nSPS) is 19.0. The Morgan fingerprint density at radius 2 is 2.08 bits per heavy atom. The van der Waals surface area contributed by atoms with E-state index in [1.807, 2.05) is 4.90 Å². The van der Waals surface area contributed by atoms with Crippen molar-refractivity contribution < 1.29 is 17.9 Å². The smallest absolute Gasteiger partial charge is 0.383 e. The second-order valence-electron chi connectivity index (χ2n) is 6.18. The first-order chi connectivity index (χ1) is 11.9. The third-order valence-corrected chi connectivity index (χ3v) is 4.47. The third-order valence-electron chi connectivity index (χ3n) is 4.47. The van der Waals surface area contributed by atoms with Crippen molar-refractivity contribution in [1.29, 1.82) is 0 Å². The fourth-order valence-electron chi connectivity index (χ4n) is 3.37. The summed E-state index contributed by atoms with van der Waals surface area (Å²) in [6.45, 7) is 0.500. The predicted molar refractivity (Wildman–Crippen MR) is 87.5 cm³/mol. The molecule has 2 aromatic rings. The van der Waals surface area contributed by atoms with Crippen molar-refractivity contribution >= 4 is 10.9 Å². The van der Waals surface area contributed by atoms with E-state index in [0.29, 0.717) is 25.1 Å². The van der Waals surface area contributed by atoms with E-state index in [9.17, 15) is 18.0 Å². The predicted octanol–water partition coefficient (Wildman–Crippen LogP) is 2.74. The molecule has 8 heteroatoms. The Kier molecular flexibility index (Phi) is 5.10. The van der Waals surface area contributed by atoms with Crippen molar-refractivity contribution in [3.8, 4) is 0 Å². The summed E-state index contributed by atoms with van der Waals surface area (Å²) < 4.78 is 45.1. The lowest BCUT2D eigenvalue weighted by Crippen LogP contribution is -2.36. The van der Waals surface area contributed by atoms with E-state index in [1.165, 1.54) is 6.07 Å². The van der Waals surface area contributed by atoms with Gasteiger partial charge in [0.25, 0.3) is 5.56 Å². The molecule has 1 fully saturated rings. The van der Waals surface area contributed by atoms with Gasteiger partial charge in [0, 0.05) is 13.7 Å². The Morgan fingerprint density at radius 3 is 2.80 bits per heavy atom. The molecule has 0 N–H and O–H groups in total. The lowest BCUT2D eigenvalue weighted by Gasteiger charge is -2.26. The maximum atomic E-state index is 13.1. The topological polar surface area (TPSA) is 47.4 Å². The quantitative estimate of drug-likeness (QED) is 0.828. The monoisotopic (exact) mass is 355 g/mol. The molecule has 25 heavy (non-hydrogen) atoms. The van der Waals surface area contributed by atoms with Crippen LogP contribution in [0, 0.1) is 0 Å². The number of rotatable bonds is 5. The first-order valence-corrected chi connectivity index (χ1v) is 8.20. The maximum absolute atomic E-state index is 13.1. The van der Waals surface area contributed by atoms with E-state index in [4.69, 9.17) is 4.74 Å². The first kappa shape index (κ1) is 17.9. The van der Waals surface area contributed by atoms with Gasteiger partial charge in [0.2, 0.25) is 0 Å². The fourth-order valence-corrected chi connectivity index (χ4v) is 3.37. The number of halogens is 3. The summed E-state index contributed by atoms with van der Waals surface area (Å²) in [7, 11) is 1.58. The highest BCUT2D eigenvalue weighted by Gasteiger charge is 2.35. The van der Waals surface area contributed by atoms with Crippen molar-refractivity contribution in [3.05, 3.63) is 40.4 Å². The van der Waals surface area contributed by atoms with Crippen LogP contribution in [0.3, 0.4) is 0 Å². The highest BCUT2D eigenvalue weighted by Crippen LogP contribution is 2.31. The van der Waals surface area contributed by atoms with Gasteiger partial charge in [-0.25, -0.2) is 4.98 Å². The zero-order chi connectivity index (χ0) is 18.0. The third kappa shape index (κ3) is 3.85. The van der Waals surface area contributed by atoms with Gasteiger partial charge in [0.1, 0.15) is 12.4 Å². The van der Waals surface area contributed by atoms with Crippen LogP contribution in [-0.2, 0) is 11.3 Å². The van der Waals surface area contributed by atoms with Gasteiger partial charge in [-0.3, -0.25) is 14.3 Å². The highest BCUT2D eigenvalue weighted by molar-refractivity contribution is 5.77. The molecule has 0 spiro atoms. The number of fused-ring (bicyclic) bond motifs is 1. The molecule has 0 saturated carbocycles. The van der Waals surface area contributed by atoms with Crippen LogP contribution in [0.4, 0.5) is 13.2 Å². The SMILES string of the molecule is COCCN1CCCC1c1nc2ccccc2c(=O)n1CC(F)(F)F. The minimum atomic E-state index is -4.49. The number of nitrogens with zero attached hydrogens (tertiary/aromatic N) is 3. The van der Waals surface area contributed by atoms with Crippen molar-refractivity contribution in [2.75, 3.05) is 26.8 Å². The van der Waals surface area contributed by atoms with Crippen LogP contribution >= 0.6 is 0 Å². The summed E-state index contributed by atoms with van der Waals surface area (Å²) in [5.74, 6) is 0.189. The molecule has 3 rings (SSSR count). The molecule has 1 aromatic heterocycles. The molecule has 0 amide bonds. The van der Waals surface area contributed by atoms with Crippen molar-refractivity contribution in [3.63, 3.8) is 0 Å². The van der Waals surface area contributed by atoms with Gasteiger partial charge < -0.3 is 4.74 Å². The van der Waals surface area contributed by atoms with E-state index < -0.39 is 18.3 Å². The molecular formula is C17H20F3N3O2. The summed E-state index contributed by atoms with van der Waals surface area (Å²) in [5.41, 5.74) is -0.212. The lowest BCUT2D eigenvalue weighted by molar-refractivity contribution is -0.142. The Morgan fingerprint density at radius 1 is 1.32 bits per heavy atom. The van der Waals surface area contributed by atoms with E-state index in [0.717, 1.165) is 17.5 Å². The summed E-state index contributed by atoms with van der Waals surface area (Å²) in [6.07, 6.45) is -2.96. The van der Waals surface area contributed by atoms with Gasteiger partial charge in [-0.1, -0.05) is 12.1 Å². The number of para-hydroxylation sites is 1. The summed E-state index contributed by atoms with van der Waals surface area (Å²) in [5, 5.41) is 0.205. The van der Waals surface area contributed by atoms with Crippen LogP contribution < -0.4 is 5.56 Å². The van der Waals surface area contributed by atoms with Gasteiger partial charge in [0.05, 0.1) is 23.6 Å². The first-order valence-electron chi connectivity index (χ1n) is 8.20. The molecule has 1 aliphatic heterocycles. The number of hydrogen-bond donors (Lipinski definition) is 0. The van der Waals surface area contributed by atoms with Gasteiger partial charge in [-0.2, -0.15) is 13.2 Å². The number of ether oxygens (including phenoxy) is 1. The average Bonchev–Trinajstić information content (AvgIpc) is 3.02. The van der Waals surface area contributed by atoms with Crippen LogP contribution in [0.1, 0.15) is 24.7 Å². The van der Waals surface area contributed by atoms with E-state index in [2.05, 4.69) is 4.98 Å². The molecule has 1 atom stereocenters. The van der Waals surface area contributed by atoms with Crippen molar-refractivity contribution in [2.45, 2.75) is 31.6 Å². The molecule has 5 nitrogen and oxygen atoms in total. The molecule has 2 heterocycles. The van der Waals surface area contributed by atoms with Crippen LogP contribution in [-0.4, -0.2) is 47.4 Å². The fraction of sp³-hybridized carbons (Fsp3) is 0.529. The van der Waals surface area contributed by atoms with Crippen LogP contribution in [0.15, 0.2) is 29.1 Å². The van der Waals surface area contributed by atoms with Crippen LogP contribution in [0.5, 0.6) is 0 Å². The van der Waals surface area contributed by atoms with E-state index >= 15 is 0 Å². The zero-order valence-corrected chi connectivity index (χ0v) is 13.9. The van der Waals surface area contributed by atoms with Crippen LogP contribution in [0.25, 0.3) is 10.9 Å². The number of likely N-dealkylation sites (tertiary alicyclic amines) is 1. The standard InChI is InChI=1S/C17H20F3N3O2/c1-25-10-9-22-8-4-7-14(22)15-21-13-6-3-2-5-12(13)16(24)23(15)11-17(18,19)20/h2-3,5-6,14H,4,7-11H2,1H3. The molecule has 1 unspecified atom stereocenters. The van der Waals surface area contributed by atoms with Gasteiger partial charge in [-0.05, 0) is 31.5 Å². The summed E-state index contributed by atoms with van der Waals surface area (Å²) in [4.78, 5) is 19.2. The Hall–Kier alpha value is -1.93. The van der Waals surface area contributed by atoms with Crippen LogP contribution in [0.2, 0.25) is 0 Å². The molecule has 0 aliphatic carbocycles.